The Morgan fingerprint density at radius 2 is 2.36 bits per heavy atom. The molecule has 0 saturated carbocycles. The van der Waals surface area contributed by atoms with Crippen LogP contribution >= 0.6 is 7.58 Å². The number of hydrazine groups is 1. The lowest BCUT2D eigenvalue weighted by molar-refractivity contribution is 0.253. The first-order valence-electron chi connectivity index (χ1n) is 4.91. The Hall–Kier alpha value is -0.380. The van der Waals surface area contributed by atoms with E-state index in [4.69, 9.17) is 4.52 Å². The van der Waals surface area contributed by atoms with Crippen LogP contribution in [-0.4, -0.2) is 30.3 Å². The third-order valence-electron chi connectivity index (χ3n) is 2.30. The van der Waals surface area contributed by atoms with Crippen molar-refractivity contribution in [3.8, 4) is 0 Å². The van der Waals surface area contributed by atoms with Crippen LogP contribution in [0.4, 0.5) is 0 Å². The molecule has 0 aromatic carbocycles. The molecule has 0 aliphatic carbocycles. The molecule has 6 heteroatoms. The Morgan fingerprint density at radius 1 is 1.64 bits per heavy atom. The molecule has 2 rings (SSSR count). The van der Waals surface area contributed by atoms with Crippen LogP contribution in [0.1, 0.15) is 20.8 Å². The molecule has 0 amide bonds. The highest BCUT2D eigenvalue weighted by Crippen LogP contribution is 2.60. The van der Waals surface area contributed by atoms with Gasteiger partial charge in [0.1, 0.15) is 5.84 Å². The maximum Gasteiger partial charge on any atom is 0.292 e. The monoisotopic (exact) mass is 216 g/mol. The lowest BCUT2D eigenvalue weighted by Gasteiger charge is -2.19. The van der Waals surface area contributed by atoms with Crippen molar-refractivity contribution >= 4 is 13.4 Å². The number of rotatable bonds is 1. The first-order valence-corrected chi connectivity index (χ1v) is 6.47. The predicted molar refractivity (Wildman–Crippen MR) is 57.9 cm³/mol. The summed E-state index contributed by atoms with van der Waals surface area (Å²) in [5.74, 6) is 1.38. The maximum atomic E-state index is 5.82. The molecule has 0 saturated heterocycles. The molecule has 0 aromatic heterocycles. The summed E-state index contributed by atoms with van der Waals surface area (Å²) in [6.07, 6.45) is 0.197. The Labute approximate surface area is 84.8 Å². The van der Waals surface area contributed by atoms with Gasteiger partial charge < -0.3 is 4.52 Å². The summed E-state index contributed by atoms with van der Waals surface area (Å²) in [5.41, 5.74) is 3.22. The van der Waals surface area contributed by atoms with E-state index in [0.717, 1.165) is 12.4 Å². The average molecular weight is 216 g/mol. The summed E-state index contributed by atoms with van der Waals surface area (Å²) in [6, 6.07) is 0. The van der Waals surface area contributed by atoms with Crippen molar-refractivity contribution < 1.29 is 4.52 Å². The minimum atomic E-state index is -2.02. The first kappa shape index (κ1) is 10.1. The van der Waals surface area contributed by atoms with Crippen LogP contribution in [-0.2, 0) is 4.52 Å². The quantitative estimate of drug-likeness (QED) is 0.680. The molecule has 1 N–H and O–H groups in total. The highest BCUT2D eigenvalue weighted by molar-refractivity contribution is 7.58. The van der Waals surface area contributed by atoms with Crippen molar-refractivity contribution in [2.45, 2.75) is 26.9 Å². The molecule has 2 aliphatic heterocycles. The molecule has 80 valence electrons. The number of nitrogens with one attached hydrogen (secondary N) is 1. The Morgan fingerprint density at radius 3 is 2.79 bits per heavy atom. The lowest BCUT2D eigenvalue weighted by atomic mass is 10.2. The SMILES string of the molecule is CC1CN=P2(N=C(C(C)C)NN2C)O1. The van der Waals surface area contributed by atoms with Crippen LogP contribution in [0.3, 0.4) is 0 Å². The van der Waals surface area contributed by atoms with Crippen molar-refractivity contribution in [2.24, 2.45) is 15.4 Å². The zero-order valence-corrected chi connectivity index (χ0v) is 9.95. The molecule has 2 atom stereocenters. The molecule has 14 heavy (non-hydrogen) atoms. The van der Waals surface area contributed by atoms with Crippen LogP contribution in [0.2, 0.25) is 0 Å². The van der Waals surface area contributed by atoms with Crippen LogP contribution in [0, 0.1) is 5.92 Å². The first-order chi connectivity index (χ1) is 6.53. The fourth-order valence-corrected chi connectivity index (χ4v) is 3.88. The summed E-state index contributed by atoms with van der Waals surface area (Å²) in [7, 11) is -0.0670. The molecule has 0 aromatic rings. The molecule has 1 spiro atoms. The second kappa shape index (κ2) is 3.33. The third kappa shape index (κ3) is 1.49. The van der Waals surface area contributed by atoms with Gasteiger partial charge >= 0.3 is 0 Å². The van der Waals surface area contributed by atoms with Crippen molar-refractivity contribution in [1.82, 2.24) is 10.2 Å². The van der Waals surface area contributed by atoms with E-state index in [2.05, 4.69) is 28.8 Å². The van der Waals surface area contributed by atoms with E-state index in [-0.39, 0.29) is 6.10 Å². The van der Waals surface area contributed by atoms with Gasteiger partial charge in [0.25, 0.3) is 7.58 Å². The van der Waals surface area contributed by atoms with Gasteiger partial charge in [-0.2, -0.15) is 4.76 Å². The minimum absolute atomic E-state index is 0.197. The van der Waals surface area contributed by atoms with E-state index in [1.165, 1.54) is 0 Å². The molecule has 0 bridgehead atoms. The summed E-state index contributed by atoms with van der Waals surface area (Å²) in [4.78, 5) is 0. The van der Waals surface area contributed by atoms with Gasteiger partial charge in [-0.3, -0.25) is 5.43 Å². The summed E-state index contributed by atoms with van der Waals surface area (Å²) >= 11 is 0. The molecule has 2 unspecified atom stereocenters. The zero-order chi connectivity index (χ0) is 10.3. The summed E-state index contributed by atoms with van der Waals surface area (Å²) in [6.45, 7) is 7.02. The van der Waals surface area contributed by atoms with E-state index in [1.54, 1.807) is 0 Å². The highest BCUT2D eigenvalue weighted by atomic mass is 31.2. The Bertz CT molecular complexity index is 325. The van der Waals surface area contributed by atoms with Gasteiger partial charge in [-0.15, -0.1) is 4.78 Å². The van der Waals surface area contributed by atoms with Gasteiger partial charge in [0.15, 0.2) is 0 Å². The maximum absolute atomic E-state index is 5.82. The Kier molecular flexibility index (Phi) is 2.41. The van der Waals surface area contributed by atoms with Gasteiger partial charge in [-0.1, -0.05) is 13.8 Å². The van der Waals surface area contributed by atoms with Crippen molar-refractivity contribution in [2.75, 3.05) is 13.6 Å². The van der Waals surface area contributed by atoms with E-state index in [0.29, 0.717) is 5.92 Å². The smallest absolute Gasteiger partial charge is 0.292 e. The summed E-state index contributed by atoms with van der Waals surface area (Å²) < 4.78 is 16.9. The molecule has 0 fully saturated rings. The fourth-order valence-electron chi connectivity index (χ4n) is 1.46. The topological polar surface area (TPSA) is 49.2 Å². The number of hydrogen-bond donors (Lipinski definition) is 1. The highest BCUT2D eigenvalue weighted by Gasteiger charge is 2.39. The molecular formula is C8H17N4OP. The molecule has 2 heterocycles. The third-order valence-corrected chi connectivity index (χ3v) is 4.83. The second-order valence-corrected chi connectivity index (χ2v) is 6.35. The van der Waals surface area contributed by atoms with Crippen LogP contribution in [0.5, 0.6) is 0 Å². The predicted octanol–water partition coefficient (Wildman–Crippen LogP) is 1.86. The molecule has 5 nitrogen and oxygen atoms in total. The van der Waals surface area contributed by atoms with Gasteiger partial charge in [0, 0.05) is 13.0 Å². The standard InChI is InChI=1S/C8H17N4OP/c1-6(2)8-10-12(4)14(11-8)9-5-7(3)13-14/h6-7H,5H2,1-4H3,(H,10,11). The van der Waals surface area contributed by atoms with Crippen LogP contribution in [0.25, 0.3) is 0 Å². The fraction of sp³-hybridized carbons (Fsp3) is 0.875. The van der Waals surface area contributed by atoms with Crippen molar-refractivity contribution in [3.05, 3.63) is 0 Å². The van der Waals surface area contributed by atoms with Crippen LogP contribution < -0.4 is 5.43 Å². The van der Waals surface area contributed by atoms with E-state index < -0.39 is 7.58 Å². The van der Waals surface area contributed by atoms with Gasteiger partial charge in [0.05, 0.1) is 12.6 Å². The van der Waals surface area contributed by atoms with Crippen molar-refractivity contribution in [3.63, 3.8) is 0 Å². The van der Waals surface area contributed by atoms with Gasteiger partial charge in [-0.05, 0) is 6.92 Å². The number of hydrogen-bond acceptors (Lipinski definition) is 5. The van der Waals surface area contributed by atoms with E-state index >= 15 is 0 Å². The van der Waals surface area contributed by atoms with Crippen molar-refractivity contribution in [1.29, 1.82) is 0 Å². The molecule has 0 radical (unpaired) electrons. The summed E-state index contributed by atoms with van der Waals surface area (Å²) in [5, 5.41) is 0. The second-order valence-electron chi connectivity index (χ2n) is 4.03. The number of nitrogens with zero attached hydrogens (tertiary/aromatic N) is 3. The van der Waals surface area contributed by atoms with Crippen LogP contribution in [0.15, 0.2) is 9.51 Å². The Balaban J connectivity index is 2.29. The largest absolute Gasteiger partial charge is 0.310 e. The number of amidine groups is 1. The average Bonchev–Trinajstić information content (AvgIpc) is 2.60. The zero-order valence-electron chi connectivity index (χ0n) is 9.06. The van der Waals surface area contributed by atoms with E-state index in [1.807, 2.05) is 18.8 Å². The van der Waals surface area contributed by atoms with Gasteiger partial charge in [-0.25, -0.2) is 4.74 Å². The lowest BCUT2D eigenvalue weighted by Crippen LogP contribution is -2.33. The molecule has 2 aliphatic rings. The molecular weight excluding hydrogens is 199 g/mol. The minimum Gasteiger partial charge on any atom is -0.310 e. The van der Waals surface area contributed by atoms with Gasteiger partial charge in [0.2, 0.25) is 0 Å². The normalized spacial score (nSPS) is 37.5. The van der Waals surface area contributed by atoms with E-state index in [9.17, 15) is 0 Å².